The zero-order valence-electron chi connectivity index (χ0n) is 8.91. The number of carbonyl (C=O) groups is 1. The second-order valence-electron chi connectivity index (χ2n) is 3.99. The predicted octanol–water partition coefficient (Wildman–Crippen LogP) is 2.79. The molecule has 0 saturated carbocycles. The summed E-state index contributed by atoms with van der Waals surface area (Å²) in [7, 11) is 0. The van der Waals surface area contributed by atoms with Crippen LogP contribution in [-0.2, 0) is 4.79 Å². The molecule has 2 heterocycles. The highest BCUT2D eigenvalue weighted by Gasteiger charge is 2.30. The molecule has 1 aromatic rings. The van der Waals surface area contributed by atoms with Crippen LogP contribution in [0.25, 0.3) is 0 Å². The Labute approximate surface area is 108 Å². The molecule has 1 unspecified atom stereocenters. The predicted molar refractivity (Wildman–Crippen MR) is 68.2 cm³/mol. The van der Waals surface area contributed by atoms with E-state index in [0.29, 0.717) is 17.4 Å². The Morgan fingerprint density at radius 3 is 3.06 bits per heavy atom. The van der Waals surface area contributed by atoms with Gasteiger partial charge < -0.3 is 4.90 Å². The van der Waals surface area contributed by atoms with E-state index in [0.717, 1.165) is 23.3 Å². The number of nitrogens with zero attached hydrogens (tertiary/aromatic N) is 2. The van der Waals surface area contributed by atoms with Crippen LogP contribution in [0.3, 0.4) is 0 Å². The van der Waals surface area contributed by atoms with Crippen LogP contribution in [-0.4, -0.2) is 22.8 Å². The summed E-state index contributed by atoms with van der Waals surface area (Å²) in [6, 6.07) is 1.80. The van der Waals surface area contributed by atoms with Gasteiger partial charge in [0.1, 0.15) is 0 Å². The number of aryl methyl sites for hydroxylation is 1. The fourth-order valence-electron chi connectivity index (χ4n) is 1.89. The smallest absolute Gasteiger partial charge is 0.227 e. The van der Waals surface area contributed by atoms with Crippen molar-refractivity contribution >= 4 is 39.1 Å². The number of pyridine rings is 1. The second-order valence-corrected chi connectivity index (χ2v) is 5.07. The summed E-state index contributed by atoms with van der Waals surface area (Å²) in [6.07, 6.45) is 2.19. The molecule has 0 radical (unpaired) electrons. The van der Waals surface area contributed by atoms with E-state index in [9.17, 15) is 4.79 Å². The Morgan fingerprint density at radius 2 is 2.44 bits per heavy atom. The van der Waals surface area contributed by atoms with Gasteiger partial charge in [-0.05, 0) is 18.9 Å². The second kappa shape index (κ2) is 4.72. The Bertz CT molecular complexity index is 424. The first kappa shape index (κ1) is 11.9. The molecule has 1 saturated heterocycles. The number of alkyl halides is 1. The first-order valence-electron chi connectivity index (χ1n) is 5.10. The normalized spacial score (nSPS) is 20.6. The minimum Gasteiger partial charge on any atom is -0.310 e. The number of hydrogen-bond donors (Lipinski definition) is 0. The van der Waals surface area contributed by atoms with Crippen LogP contribution in [0.2, 0.25) is 5.02 Å². The Kier molecular flexibility index (Phi) is 3.50. The van der Waals surface area contributed by atoms with Gasteiger partial charge in [-0.2, -0.15) is 0 Å². The Balaban J connectivity index is 2.30. The molecule has 3 nitrogen and oxygen atoms in total. The molecule has 5 heteroatoms. The van der Waals surface area contributed by atoms with Crippen LogP contribution < -0.4 is 4.90 Å². The largest absolute Gasteiger partial charge is 0.310 e. The molecule has 1 fully saturated rings. The van der Waals surface area contributed by atoms with E-state index in [1.165, 1.54) is 0 Å². The molecule has 0 aromatic carbocycles. The number of halogens is 2. The average molecular weight is 304 g/mol. The number of rotatable bonds is 2. The fraction of sp³-hybridized carbons (Fsp3) is 0.455. The first-order valence-corrected chi connectivity index (χ1v) is 6.60. The summed E-state index contributed by atoms with van der Waals surface area (Å²) in [5.74, 6) is 0.530. The van der Waals surface area contributed by atoms with Gasteiger partial charge in [-0.25, -0.2) is 0 Å². The summed E-state index contributed by atoms with van der Waals surface area (Å²) in [6.45, 7) is 2.63. The monoisotopic (exact) mass is 302 g/mol. The van der Waals surface area contributed by atoms with Gasteiger partial charge >= 0.3 is 0 Å². The molecule has 1 atom stereocenters. The lowest BCUT2D eigenvalue weighted by molar-refractivity contribution is -0.117. The third-order valence-corrected chi connectivity index (χ3v) is 3.86. The third kappa shape index (κ3) is 2.23. The zero-order valence-corrected chi connectivity index (χ0v) is 11.3. The highest BCUT2D eigenvalue weighted by molar-refractivity contribution is 9.09. The first-order chi connectivity index (χ1) is 7.61. The molecule has 1 amide bonds. The number of hydrogen-bond acceptors (Lipinski definition) is 2. The van der Waals surface area contributed by atoms with E-state index < -0.39 is 0 Å². The van der Waals surface area contributed by atoms with Crippen molar-refractivity contribution in [2.24, 2.45) is 5.92 Å². The van der Waals surface area contributed by atoms with Crippen molar-refractivity contribution in [1.29, 1.82) is 0 Å². The zero-order chi connectivity index (χ0) is 11.7. The van der Waals surface area contributed by atoms with Gasteiger partial charge in [0, 0.05) is 24.5 Å². The van der Waals surface area contributed by atoms with Crippen molar-refractivity contribution < 1.29 is 4.79 Å². The molecule has 86 valence electrons. The van der Waals surface area contributed by atoms with E-state index in [1.54, 1.807) is 17.2 Å². The van der Waals surface area contributed by atoms with Crippen molar-refractivity contribution in [1.82, 2.24) is 4.98 Å². The maximum atomic E-state index is 11.8. The van der Waals surface area contributed by atoms with Crippen molar-refractivity contribution in [2.75, 3.05) is 16.8 Å². The van der Waals surface area contributed by atoms with Crippen molar-refractivity contribution in [3.05, 3.63) is 23.0 Å². The minimum absolute atomic E-state index is 0.150. The molecule has 0 N–H and O–H groups in total. The van der Waals surface area contributed by atoms with Crippen LogP contribution in [0.1, 0.15) is 12.1 Å². The lowest BCUT2D eigenvalue weighted by atomic mass is 10.2. The van der Waals surface area contributed by atoms with Crippen molar-refractivity contribution in [2.45, 2.75) is 13.3 Å². The molecule has 0 aliphatic carbocycles. The highest BCUT2D eigenvalue weighted by Crippen LogP contribution is 2.29. The van der Waals surface area contributed by atoms with Gasteiger partial charge in [0.15, 0.2) is 0 Å². The van der Waals surface area contributed by atoms with Crippen LogP contribution >= 0.6 is 27.5 Å². The molecule has 1 aliphatic heterocycles. The van der Waals surface area contributed by atoms with Gasteiger partial charge in [-0.3, -0.25) is 9.78 Å². The number of aromatic nitrogens is 1. The van der Waals surface area contributed by atoms with E-state index in [1.807, 2.05) is 6.92 Å². The van der Waals surface area contributed by atoms with Gasteiger partial charge in [0.05, 0.1) is 16.4 Å². The van der Waals surface area contributed by atoms with Crippen LogP contribution in [0.15, 0.2) is 12.3 Å². The van der Waals surface area contributed by atoms with Gasteiger partial charge in [-0.15, -0.1) is 0 Å². The SMILES string of the molecule is Cc1ncc(Cl)cc1N1CC(CBr)CC1=O. The molecule has 0 spiro atoms. The molecular weight excluding hydrogens is 291 g/mol. The lowest BCUT2D eigenvalue weighted by Gasteiger charge is -2.18. The summed E-state index contributed by atoms with van der Waals surface area (Å²) in [5.41, 5.74) is 1.67. The maximum absolute atomic E-state index is 11.8. The molecule has 16 heavy (non-hydrogen) atoms. The van der Waals surface area contributed by atoms with E-state index in [-0.39, 0.29) is 5.91 Å². The quantitative estimate of drug-likeness (QED) is 0.787. The summed E-state index contributed by atoms with van der Waals surface area (Å²) < 4.78 is 0. The molecular formula is C11H12BrClN2O. The molecule has 1 aromatic heterocycles. The summed E-state index contributed by atoms with van der Waals surface area (Å²) in [5, 5.41) is 1.41. The van der Waals surface area contributed by atoms with E-state index in [2.05, 4.69) is 20.9 Å². The molecule has 1 aliphatic rings. The van der Waals surface area contributed by atoms with E-state index in [4.69, 9.17) is 11.6 Å². The van der Waals surface area contributed by atoms with Crippen molar-refractivity contribution in [3.63, 3.8) is 0 Å². The van der Waals surface area contributed by atoms with Crippen molar-refractivity contribution in [3.8, 4) is 0 Å². The summed E-state index contributed by atoms with van der Waals surface area (Å²) in [4.78, 5) is 17.8. The van der Waals surface area contributed by atoms with Crippen LogP contribution in [0.5, 0.6) is 0 Å². The fourth-order valence-corrected chi connectivity index (χ4v) is 2.47. The Morgan fingerprint density at radius 1 is 1.69 bits per heavy atom. The van der Waals surface area contributed by atoms with Crippen LogP contribution in [0.4, 0.5) is 5.69 Å². The number of anilines is 1. The van der Waals surface area contributed by atoms with Crippen LogP contribution in [0, 0.1) is 12.8 Å². The number of amides is 1. The summed E-state index contributed by atoms with van der Waals surface area (Å²) >= 11 is 9.32. The van der Waals surface area contributed by atoms with Gasteiger partial charge in [0.2, 0.25) is 5.91 Å². The van der Waals surface area contributed by atoms with E-state index >= 15 is 0 Å². The number of carbonyl (C=O) groups excluding carboxylic acids is 1. The third-order valence-electron chi connectivity index (χ3n) is 2.74. The average Bonchev–Trinajstić information content (AvgIpc) is 2.63. The lowest BCUT2D eigenvalue weighted by Crippen LogP contribution is -2.25. The Hall–Kier alpha value is -0.610. The topological polar surface area (TPSA) is 33.2 Å². The molecule has 2 rings (SSSR count). The van der Waals surface area contributed by atoms with Gasteiger partial charge in [0.25, 0.3) is 0 Å². The standard InChI is InChI=1S/C11H12BrClN2O/c1-7-10(3-9(13)5-14-7)15-6-8(4-12)2-11(15)16/h3,5,8H,2,4,6H2,1H3. The molecule has 0 bridgehead atoms. The highest BCUT2D eigenvalue weighted by atomic mass is 79.9. The van der Waals surface area contributed by atoms with Gasteiger partial charge in [-0.1, -0.05) is 27.5 Å². The minimum atomic E-state index is 0.150. The maximum Gasteiger partial charge on any atom is 0.227 e.